The zero-order valence-electron chi connectivity index (χ0n) is 12.3. The lowest BCUT2D eigenvalue weighted by atomic mass is 9.99. The minimum atomic E-state index is -0.581. The van der Waals surface area contributed by atoms with Crippen LogP contribution < -0.4 is 16.0 Å². The zero-order valence-corrected chi connectivity index (χ0v) is 12.3. The molecule has 22 heavy (non-hydrogen) atoms. The van der Waals surface area contributed by atoms with Crippen LogP contribution in [0.15, 0.2) is 0 Å². The highest BCUT2D eigenvalue weighted by molar-refractivity contribution is 5.99. The predicted octanol–water partition coefficient (Wildman–Crippen LogP) is -2.09. The van der Waals surface area contributed by atoms with E-state index in [0.717, 1.165) is 0 Å². The van der Waals surface area contributed by atoms with Gasteiger partial charge in [0.15, 0.2) is 5.78 Å². The molecule has 3 unspecified atom stereocenters. The van der Waals surface area contributed by atoms with E-state index in [1.165, 1.54) is 0 Å². The normalized spacial score (nSPS) is 31.8. The summed E-state index contributed by atoms with van der Waals surface area (Å²) in [6.07, 6.45) is 1.65. The highest BCUT2D eigenvalue weighted by Crippen LogP contribution is 2.17. The summed E-state index contributed by atoms with van der Waals surface area (Å²) in [5.74, 6) is -0.576. The maximum atomic E-state index is 12.6. The van der Waals surface area contributed by atoms with Gasteiger partial charge in [0.2, 0.25) is 17.7 Å². The largest absolute Gasteiger partial charge is 0.346 e. The number of nitrogens with zero attached hydrogens (tertiary/aromatic N) is 1. The van der Waals surface area contributed by atoms with Crippen molar-refractivity contribution in [3.05, 3.63) is 0 Å². The molecule has 0 aromatic rings. The van der Waals surface area contributed by atoms with Crippen LogP contribution >= 0.6 is 0 Å². The lowest BCUT2D eigenvalue weighted by Gasteiger charge is -2.37. The van der Waals surface area contributed by atoms with Crippen molar-refractivity contribution in [3.8, 4) is 0 Å². The summed E-state index contributed by atoms with van der Waals surface area (Å²) in [5, 5.41) is 8.44. The Labute approximate surface area is 128 Å². The third-order valence-corrected chi connectivity index (χ3v) is 4.49. The molecule has 0 aromatic carbocycles. The van der Waals surface area contributed by atoms with Gasteiger partial charge < -0.3 is 20.9 Å². The fraction of sp³-hybridized carbons (Fsp3) is 0.714. The molecule has 0 radical (unpaired) electrons. The Hall–Kier alpha value is -1.96. The molecule has 3 fully saturated rings. The summed E-state index contributed by atoms with van der Waals surface area (Å²) < 4.78 is 0. The molecule has 0 aromatic heterocycles. The monoisotopic (exact) mass is 308 g/mol. The first kappa shape index (κ1) is 15.0. The van der Waals surface area contributed by atoms with Gasteiger partial charge in [0, 0.05) is 32.5 Å². The second kappa shape index (κ2) is 6.04. The quantitative estimate of drug-likeness (QED) is 0.554. The number of rotatable bonds is 3. The standard InChI is InChI=1S/C14H20N4O4/c19-11-3-1-8(16-11)13(21)10-7-15-5-6-18(10)14(22)9-2-4-12(20)17-9/h8-10,15H,1-7H2,(H,16,19)(H,17,20). The Morgan fingerprint density at radius 3 is 2.23 bits per heavy atom. The second-order valence-corrected chi connectivity index (χ2v) is 5.97. The lowest BCUT2D eigenvalue weighted by molar-refractivity contribution is -0.143. The van der Waals surface area contributed by atoms with Gasteiger partial charge in [-0.25, -0.2) is 0 Å². The Bertz CT molecular complexity index is 475. The number of piperazine rings is 1. The number of ketones is 1. The van der Waals surface area contributed by atoms with E-state index in [4.69, 9.17) is 0 Å². The smallest absolute Gasteiger partial charge is 0.245 e. The third-order valence-electron chi connectivity index (χ3n) is 4.49. The average molecular weight is 308 g/mol. The highest BCUT2D eigenvalue weighted by atomic mass is 16.2. The second-order valence-electron chi connectivity index (χ2n) is 5.97. The van der Waals surface area contributed by atoms with Gasteiger partial charge in [-0.15, -0.1) is 0 Å². The minimum Gasteiger partial charge on any atom is -0.346 e. The number of Topliss-reactive ketones (excluding diaryl/α,β-unsaturated/α-hetero) is 1. The molecule has 0 aliphatic carbocycles. The molecule has 0 bridgehead atoms. The van der Waals surface area contributed by atoms with Crippen LogP contribution in [-0.2, 0) is 19.2 Å². The molecule has 8 heteroatoms. The number of hydrogen-bond donors (Lipinski definition) is 3. The van der Waals surface area contributed by atoms with Gasteiger partial charge in [-0.2, -0.15) is 0 Å². The zero-order chi connectivity index (χ0) is 15.7. The first-order chi connectivity index (χ1) is 10.6. The van der Waals surface area contributed by atoms with Crippen LogP contribution in [0, 0.1) is 0 Å². The van der Waals surface area contributed by atoms with E-state index in [1.54, 1.807) is 4.90 Å². The van der Waals surface area contributed by atoms with Crippen LogP contribution in [0.1, 0.15) is 25.7 Å². The maximum Gasteiger partial charge on any atom is 0.245 e. The molecule has 3 aliphatic heterocycles. The van der Waals surface area contributed by atoms with Crippen LogP contribution in [0.5, 0.6) is 0 Å². The SMILES string of the molecule is O=C1CCC(C(=O)C2CNCCN2C(=O)C2CCC(=O)N2)N1. The van der Waals surface area contributed by atoms with Gasteiger partial charge in [0.05, 0.1) is 6.04 Å². The summed E-state index contributed by atoms with van der Waals surface area (Å²) in [5.41, 5.74) is 0. The summed E-state index contributed by atoms with van der Waals surface area (Å²) in [6.45, 7) is 1.44. The van der Waals surface area contributed by atoms with Crippen molar-refractivity contribution in [1.29, 1.82) is 0 Å². The van der Waals surface area contributed by atoms with Gasteiger partial charge in [-0.1, -0.05) is 0 Å². The van der Waals surface area contributed by atoms with Crippen molar-refractivity contribution < 1.29 is 19.2 Å². The van der Waals surface area contributed by atoms with Crippen molar-refractivity contribution in [1.82, 2.24) is 20.9 Å². The molecule has 120 valence electrons. The van der Waals surface area contributed by atoms with Crippen molar-refractivity contribution in [2.45, 2.75) is 43.8 Å². The first-order valence-electron chi connectivity index (χ1n) is 7.70. The van der Waals surface area contributed by atoms with Crippen LogP contribution in [0.4, 0.5) is 0 Å². The number of hydrogen-bond acceptors (Lipinski definition) is 5. The molecule has 3 N–H and O–H groups in total. The molecular formula is C14H20N4O4. The topological polar surface area (TPSA) is 108 Å². The summed E-state index contributed by atoms with van der Waals surface area (Å²) in [4.78, 5) is 49.3. The van der Waals surface area contributed by atoms with Gasteiger partial charge in [0.1, 0.15) is 12.1 Å². The molecule has 3 atom stereocenters. The lowest BCUT2D eigenvalue weighted by Crippen LogP contribution is -2.62. The third kappa shape index (κ3) is 2.83. The highest BCUT2D eigenvalue weighted by Gasteiger charge is 2.41. The van der Waals surface area contributed by atoms with Crippen LogP contribution in [0.3, 0.4) is 0 Å². The molecule has 3 heterocycles. The minimum absolute atomic E-state index is 0.122. The van der Waals surface area contributed by atoms with Gasteiger partial charge >= 0.3 is 0 Å². The Kier molecular flexibility index (Phi) is 4.10. The molecule has 3 saturated heterocycles. The summed E-state index contributed by atoms with van der Waals surface area (Å²) in [6, 6.07) is -1.62. The Balaban J connectivity index is 1.70. The predicted molar refractivity (Wildman–Crippen MR) is 75.7 cm³/mol. The number of amides is 3. The van der Waals surface area contributed by atoms with E-state index in [9.17, 15) is 19.2 Å². The number of carbonyl (C=O) groups is 4. The molecular weight excluding hydrogens is 288 g/mol. The molecule has 3 amide bonds. The van der Waals surface area contributed by atoms with E-state index in [0.29, 0.717) is 45.3 Å². The molecule has 0 spiro atoms. The van der Waals surface area contributed by atoms with E-state index in [2.05, 4.69) is 16.0 Å². The fourth-order valence-corrected chi connectivity index (χ4v) is 3.28. The van der Waals surface area contributed by atoms with E-state index >= 15 is 0 Å². The summed E-state index contributed by atoms with van der Waals surface area (Å²) >= 11 is 0. The number of carbonyl (C=O) groups excluding carboxylic acids is 4. The van der Waals surface area contributed by atoms with Crippen molar-refractivity contribution in [2.75, 3.05) is 19.6 Å². The van der Waals surface area contributed by atoms with Crippen molar-refractivity contribution >= 4 is 23.5 Å². The van der Waals surface area contributed by atoms with E-state index < -0.39 is 18.1 Å². The average Bonchev–Trinajstić information content (AvgIpc) is 3.14. The van der Waals surface area contributed by atoms with Crippen molar-refractivity contribution in [3.63, 3.8) is 0 Å². The number of nitrogens with one attached hydrogen (secondary N) is 3. The Morgan fingerprint density at radius 1 is 1.00 bits per heavy atom. The molecule has 0 saturated carbocycles. The Morgan fingerprint density at radius 2 is 1.64 bits per heavy atom. The molecule has 3 rings (SSSR count). The van der Waals surface area contributed by atoms with Crippen molar-refractivity contribution in [2.24, 2.45) is 0 Å². The van der Waals surface area contributed by atoms with E-state index in [-0.39, 0.29) is 23.5 Å². The summed E-state index contributed by atoms with van der Waals surface area (Å²) in [7, 11) is 0. The molecule has 3 aliphatic rings. The van der Waals surface area contributed by atoms with Crippen LogP contribution in [0.25, 0.3) is 0 Å². The van der Waals surface area contributed by atoms with Crippen LogP contribution in [0.2, 0.25) is 0 Å². The van der Waals surface area contributed by atoms with Gasteiger partial charge in [0.25, 0.3) is 0 Å². The molecule has 8 nitrogen and oxygen atoms in total. The van der Waals surface area contributed by atoms with Gasteiger partial charge in [-0.3, -0.25) is 19.2 Å². The fourth-order valence-electron chi connectivity index (χ4n) is 3.28. The first-order valence-corrected chi connectivity index (χ1v) is 7.70. The van der Waals surface area contributed by atoms with Crippen LogP contribution in [-0.4, -0.2) is 66.2 Å². The maximum absolute atomic E-state index is 12.6. The van der Waals surface area contributed by atoms with Gasteiger partial charge in [-0.05, 0) is 12.8 Å². The van der Waals surface area contributed by atoms with E-state index in [1.807, 2.05) is 0 Å².